The average Bonchev–Trinajstić information content (AvgIpc) is 3.05. The van der Waals surface area contributed by atoms with E-state index in [-0.39, 0.29) is 48.7 Å². The molecule has 15 heteroatoms. The van der Waals surface area contributed by atoms with Gasteiger partial charge >= 0.3 is 0 Å². The molecule has 0 aromatic heterocycles. The SMILES string of the molecule is NC(N)=Nc1ccc(CC(=O)N2CCN(C=O)C(CCOCCC3CN(C(=O)Cc4ccc(N=C(N)N)cc4)CCN3C=O)C2)cc1. The molecule has 0 aliphatic carbocycles. The molecular weight excluding hydrogens is 604 g/mol. The molecule has 4 amide bonds. The Bertz CT molecular complexity index is 1320. The van der Waals surface area contributed by atoms with Crippen LogP contribution in [0.25, 0.3) is 0 Å². The second-order valence-corrected chi connectivity index (χ2v) is 11.6. The number of ether oxygens (including phenoxy) is 1. The summed E-state index contributed by atoms with van der Waals surface area (Å²) in [7, 11) is 0. The number of amides is 4. The smallest absolute Gasteiger partial charge is 0.227 e. The number of guanidine groups is 2. The highest BCUT2D eigenvalue weighted by Gasteiger charge is 2.30. The summed E-state index contributed by atoms with van der Waals surface area (Å²) in [5.74, 6) is -0.115. The largest absolute Gasteiger partial charge is 0.381 e. The molecule has 2 unspecified atom stereocenters. The number of aliphatic imine (C=N–C) groups is 2. The molecule has 0 bridgehead atoms. The summed E-state index contributed by atoms with van der Waals surface area (Å²) in [5.41, 5.74) is 24.6. The van der Waals surface area contributed by atoms with E-state index in [9.17, 15) is 19.2 Å². The van der Waals surface area contributed by atoms with Crippen LogP contribution in [0.2, 0.25) is 0 Å². The molecule has 47 heavy (non-hydrogen) atoms. The molecule has 15 nitrogen and oxygen atoms in total. The minimum atomic E-state index is -0.169. The van der Waals surface area contributed by atoms with Crippen LogP contribution in [0.5, 0.6) is 0 Å². The van der Waals surface area contributed by atoms with Gasteiger partial charge < -0.3 is 47.3 Å². The lowest BCUT2D eigenvalue weighted by Gasteiger charge is -2.40. The Labute approximate surface area is 274 Å². The molecule has 0 radical (unpaired) electrons. The van der Waals surface area contributed by atoms with Crippen LogP contribution >= 0.6 is 0 Å². The first-order chi connectivity index (χ1) is 22.6. The summed E-state index contributed by atoms with van der Waals surface area (Å²) in [6, 6.07) is 13.9. The van der Waals surface area contributed by atoms with E-state index in [1.165, 1.54) is 0 Å². The van der Waals surface area contributed by atoms with Gasteiger partial charge in [0.1, 0.15) is 0 Å². The van der Waals surface area contributed by atoms with Gasteiger partial charge in [0.2, 0.25) is 24.6 Å². The Morgan fingerprint density at radius 3 is 1.38 bits per heavy atom. The summed E-state index contributed by atoms with van der Waals surface area (Å²) < 4.78 is 5.94. The molecule has 2 saturated heterocycles. The number of rotatable bonds is 14. The van der Waals surface area contributed by atoms with Crippen molar-refractivity contribution in [2.24, 2.45) is 32.9 Å². The van der Waals surface area contributed by atoms with E-state index in [1.807, 2.05) is 24.3 Å². The van der Waals surface area contributed by atoms with E-state index < -0.39 is 0 Å². The van der Waals surface area contributed by atoms with Crippen LogP contribution in [0.15, 0.2) is 58.5 Å². The van der Waals surface area contributed by atoms with E-state index in [4.69, 9.17) is 27.7 Å². The van der Waals surface area contributed by atoms with Crippen molar-refractivity contribution in [3.63, 3.8) is 0 Å². The highest BCUT2D eigenvalue weighted by atomic mass is 16.5. The minimum Gasteiger partial charge on any atom is -0.381 e. The molecule has 2 fully saturated rings. The summed E-state index contributed by atoms with van der Waals surface area (Å²) in [6.45, 7) is 3.43. The van der Waals surface area contributed by atoms with Crippen molar-refractivity contribution in [2.45, 2.75) is 37.8 Å². The molecule has 8 N–H and O–H groups in total. The van der Waals surface area contributed by atoms with Crippen LogP contribution in [0.3, 0.4) is 0 Å². The van der Waals surface area contributed by atoms with Crippen molar-refractivity contribution in [1.82, 2.24) is 19.6 Å². The van der Waals surface area contributed by atoms with Gasteiger partial charge in [-0.1, -0.05) is 24.3 Å². The van der Waals surface area contributed by atoms with E-state index in [0.717, 1.165) is 23.9 Å². The molecule has 2 aliphatic rings. The zero-order valence-electron chi connectivity index (χ0n) is 26.4. The summed E-state index contributed by atoms with van der Waals surface area (Å²) in [5, 5.41) is 0. The Kier molecular flexibility index (Phi) is 12.5. The van der Waals surface area contributed by atoms with Crippen LogP contribution < -0.4 is 22.9 Å². The number of carbonyl (C=O) groups is 4. The van der Waals surface area contributed by atoms with Crippen molar-refractivity contribution in [1.29, 1.82) is 0 Å². The second kappa shape index (κ2) is 16.9. The third kappa shape index (κ3) is 10.4. The number of piperazine rings is 2. The van der Waals surface area contributed by atoms with Crippen molar-refractivity contribution >= 4 is 47.9 Å². The van der Waals surface area contributed by atoms with Crippen LogP contribution in [0, 0.1) is 0 Å². The topological polar surface area (TPSA) is 219 Å². The molecule has 4 rings (SSSR count). The lowest BCUT2D eigenvalue weighted by Crippen LogP contribution is -2.55. The molecule has 0 spiro atoms. The maximum atomic E-state index is 13.1. The van der Waals surface area contributed by atoms with E-state index in [2.05, 4.69) is 9.98 Å². The van der Waals surface area contributed by atoms with Crippen LogP contribution in [0.4, 0.5) is 11.4 Å². The Hall–Kier alpha value is -5.18. The first kappa shape index (κ1) is 34.7. The first-order valence-corrected chi connectivity index (χ1v) is 15.6. The van der Waals surface area contributed by atoms with Gasteiger partial charge in [-0.05, 0) is 48.2 Å². The molecule has 2 aliphatic heterocycles. The Morgan fingerprint density at radius 2 is 1.04 bits per heavy atom. The molecule has 2 atom stereocenters. The Morgan fingerprint density at radius 1 is 0.660 bits per heavy atom. The predicted octanol–water partition coefficient (Wildman–Crippen LogP) is -0.583. The molecule has 2 aromatic rings. The fourth-order valence-electron chi connectivity index (χ4n) is 5.77. The van der Waals surface area contributed by atoms with Gasteiger partial charge in [-0.15, -0.1) is 0 Å². The number of benzene rings is 2. The van der Waals surface area contributed by atoms with E-state index in [0.29, 0.717) is 76.7 Å². The molecular formula is C32H44N10O5. The van der Waals surface area contributed by atoms with Crippen molar-refractivity contribution in [3.8, 4) is 0 Å². The van der Waals surface area contributed by atoms with Crippen molar-refractivity contribution < 1.29 is 23.9 Å². The quantitative estimate of drug-likeness (QED) is 0.0890. The lowest BCUT2D eigenvalue weighted by atomic mass is 10.1. The van der Waals surface area contributed by atoms with Crippen LogP contribution in [-0.2, 0) is 36.8 Å². The fraction of sp³-hybridized carbons (Fsp3) is 0.438. The summed E-state index contributed by atoms with van der Waals surface area (Å²) >= 11 is 0. The minimum absolute atomic E-state index is 0.0237. The van der Waals surface area contributed by atoms with E-state index >= 15 is 0 Å². The number of hydrogen-bond acceptors (Lipinski definition) is 7. The molecule has 2 aromatic carbocycles. The van der Waals surface area contributed by atoms with Crippen LogP contribution in [0.1, 0.15) is 24.0 Å². The fourth-order valence-corrected chi connectivity index (χ4v) is 5.77. The van der Waals surface area contributed by atoms with E-state index in [1.54, 1.807) is 43.9 Å². The van der Waals surface area contributed by atoms with Gasteiger partial charge in [-0.3, -0.25) is 19.2 Å². The third-order valence-corrected chi connectivity index (χ3v) is 8.32. The third-order valence-electron chi connectivity index (χ3n) is 8.32. The number of hydrogen-bond donors (Lipinski definition) is 4. The van der Waals surface area contributed by atoms with Gasteiger partial charge in [0.15, 0.2) is 11.9 Å². The highest BCUT2D eigenvalue weighted by Crippen LogP contribution is 2.18. The average molecular weight is 649 g/mol. The number of nitrogens with two attached hydrogens (primary N) is 4. The number of nitrogens with zero attached hydrogens (tertiary/aromatic N) is 6. The molecule has 252 valence electrons. The molecule has 2 heterocycles. The van der Waals surface area contributed by atoms with Crippen LogP contribution in [-0.4, -0.2) is 121 Å². The Balaban J connectivity index is 1.21. The van der Waals surface area contributed by atoms with Gasteiger partial charge in [0.25, 0.3) is 0 Å². The second-order valence-electron chi connectivity index (χ2n) is 11.6. The van der Waals surface area contributed by atoms with Gasteiger partial charge in [0, 0.05) is 52.5 Å². The highest BCUT2D eigenvalue weighted by molar-refractivity contribution is 5.81. The predicted molar refractivity (Wildman–Crippen MR) is 178 cm³/mol. The maximum absolute atomic E-state index is 13.1. The zero-order valence-corrected chi connectivity index (χ0v) is 26.4. The summed E-state index contributed by atoms with van der Waals surface area (Å²) in [6.07, 6.45) is 3.22. The van der Waals surface area contributed by atoms with Gasteiger partial charge in [-0.25, -0.2) is 9.98 Å². The zero-order chi connectivity index (χ0) is 33.8. The van der Waals surface area contributed by atoms with Crippen molar-refractivity contribution in [3.05, 3.63) is 59.7 Å². The standard InChI is InChI=1S/C32H44N10O5/c33-31(34)37-25-5-1-23(2-6-25)17-29(45)39-11-13-41(21-43)27(19-39)9-15-47-16-10-28-20-40(12-14-42(28)22-44)30(46)18-24-3-7-26(8-4-24)38-32(35)36/h1-8,21-22,27-28H,9-20H2,(H4,33,34,37)(H4,35,36,38). The first-order valence-electron chi connectivity index (χ1n) is 15.6. The van der Waals surface area contributed by atoms with Crippen molar-refractivity contribution in [2.75, 3.05) is 52.5 Å². The normalized spacial score (nSPS) is 18.0. The van der Waals surface area contributed by atoms with Gasteiger partial charge in [0.05, 0.1) is 36.3 Å². The molecule has 0 saturated carbocycles. The maximum Gasteiger partial charge on any atom is 0.227 e. The monoisotopic (exact) mass is 648 g/mol. The summed E-state index contributed by atoms with van der Waals surface area (Å²) in [4.78, 5) is 64.5. The van der Waals surface area contributed by atoms with Gasteiger partial charge in [-0.2, -0.15) is 0 Å². The number of carbonyl (C=O) groups excluding carboxylic acids is 4. The lowest BCUT2D eigenvalue weighted by molar-refractivity contribution is -0.137.